The van der Waals surface area contributed by atoms with Crippen LogP contribution in [0.4, 0.5) is 0 Å². The zero-order valence-electron chi connectivity index (χ0n) is 5.27. The molecular formula is C4H6N4O2. The minimum atomic E-state index is -0.659. The first kappa shape index (κ1) is 6.69. The van der Waals surface area contributed by atoms with Crippen molar-refractivity contribution < 1.29 is 10.0 Å². The van der Waals surface area contributed by atoms with Gasteiger partial charge in [-0.3, -0.25) is 14.7 Å². The molecule has 0 radical (unpaired) electrons. The number of amides is 1. The van der Waals surface area contributed by atoms with Crippen LogP contribution in [-0.2, 0) is 7.05 Å². The molecule has 2 N–H and O–H groups in total. The Morgan fingerprint density at radius 3 is 3.00 bits per heavy atom. The van der Waals surface area contributed by atoms with Crippen LogP contribution in [0.1, 0.15) is 10.5 Å². The Balaban J connectivity index is 2.85. The largest absolute Gasteiger partial charge is 0.296 e. The van der Waals surface area contributed by atoms with Gasteiger partial charge in [0.25, 0.3) is 5.91 Å². The van der Waals surface area contributed by atoms with Crippen LogP contribution in [0.25, 0.3) is 0 Å². The van der Waals surface area contributed by atoms with Gasteiger partial charge in [-0.1, -0.05) is 5.21 Å². The van der Waals surface area contributed by atoms with Crippen LogP contribution in [-0.4, -0.2) is 26.1 Å². The molecule has 6 nitrogen and oxygen atoms in total. The van der Waals surface area contributed by atoms with Gasteiger partial charge in [0.2, 0.25) is 0 Å². The van der Waals surface area contributed by atoms with Gasteiger partial charge in [0.05, 0.1) is 6.20 Å². The number of hydrogen-bond acceptors (Lipinski definition) is 4. The number of rotatable bonds is 1. The predicted octanol–water partition coefficient (Wildman–Crippen LogP) is -1.07. The number of carbonyl (C=O) groups is 1. The molecule has 0 aromatic carbocycles. The van der Waals surface area contributed by atoms with E-state index in [0.29, 0.717) is 0 Å². The van der Waals surface area contributed by atoms with E-state index >= 15 is 0 Å². The van der Waals surface area contributed by atoms with Crippen LogP contribution in [0.5, 0.6) is 0 Å². The van der Waals surface area contributed by atoms with Gasteiger partial charge in [-0.25, -0.2) is 5.48 Å². The summed E-state index contributed by atoms with van der Waals surface area (Å²) < 4.78 is 1.37. The summed E-state index contributed by atoms with van der Waals surface area (Å²) in [5.74, 6) is -0.659. The first-order valence-corrected chi connectivity index (χ1v) is 2.55. The van der Waals surface area contributed by atoms with E-state index in [1.165, 1.54) is 16.4 Å². The second kappa shape index (κ2) is 2.44. The van der Waals surface area contributed by atoms with Crippen molar-refractivity contribution >= 4 is 5.91 Å². The smallest absolute Gasteiger partial charge is 0.288 e. The number of hydroxylamine groups is 1. The number of nitrogens with one attached hydrogen (secondary N) is 1. The maximum Gasteiger partial charge on any atom is 0.296 e. The van der Waals surface area contributed by atoms with Crippen molar-refractivity contribution in [2.45, 2.75) is 0 Å². The summed E-state index contributed by atoms with van der Waals surface area (Å²) in [6, 6.07) is 0. The second-order valence-corrected chi connectivity index (χ2v) is 1.72. The molecule has 10 heavy (non-hydrogen) atoms. The van der Waals surface area contributed by atoms with Crippen molar-refractivity contribution in [2.24, 2.45) is 7.05 Å². The lowest BCUT2D eigenvalue weighted by Gasteiger charge is -1.87. The molecule has 0 saturated heterocycles. The molecule has 1 heterocycles. The van der Waals surface area contributed by atoms with E-state index < -0.39 is 5.91 Å². The Morgan fingerprint density at radius 1 is 1.90 bits per heavy atom. The Bertz CT molecular complexity index is 243. The maximum absolute atomic E-state index is 10.5. The number of nitrogens with zero attached hydrogens (tertiary/aromatic N) is 3. The van der Waals surface area contributed by atoms with Crippen molar-refractivity contribution in [3.05, 3.63) is 11.9 Å². The minimum absolute atomic E-state index is 0.0880. The van der Waals surface area contributed by atoms with Crippen molar-refractivity contribution in [3.8, 4) is 0 Å². The zero-order valence-corrected chi connectivity index (χ0v) is 5.27. The van der Waals surface area contributed by atoms with E-state index in [9.17, 15) is 4.79 Å². The molecule has 0 fully saturated rings. The van der Waals surface area contributed by atoms with Gasteiger partial charge in [-0.05, 0) is 0 Å². The summed E-state index contributed by atoms with van der Waals surface area (Å²) >= 11 is 0. The second-order valence-electron chi connectivity index (χ2n) is 1.72. The molecule has 0 aliphatic carbocycles. The zero-order chi connectivity index (χ0) is 7.56. The molecule has 6 heteroatoms. The molecular weight excluding hydrogens is 136 g/mol. The molecule has 0 spiro atoms. The number of carbonyl (C=O) groups excluding carboxylic acids is 1. The molecule has 0 aliphatic heterocycles. The first-order chi connectivity index (χ1) is 4.74. The standard InChI is InChI=1S/C4H6N4O2/c1-8-2-3(5-7-8)4(9)6-10/h2,10H,1H3,(H,6,9). The third kappa shape index (κ3) is 1.11. The monoisotopic (exact) mass is 142 g/mol. The maximum atomic E-state index is 10.5. The summed E-state index contributed by atoms with van der Waals surface area (Å²) in [6.45, 7) is 0. The van der Waals surface area contributed by atoms with Crippen molar-refractivity contribution in [3.63, 3.8) is 0 Å². The highest BCUT2D eigenvalue weighted by molar-refractivity contribution is 5.90. The Morgan fingerprint density at radius 2 is 2.60 bits per heavy atom. The van der Waals surface area contributed by atoms with E-state index in [0.717, 1.165) is 0 Å². The fraction of sp³-hybridized carbons (Fsp3) is 0.250. The van der Waals surface area contributed by atoms with Gasteiger partial charge >= 0.3 is 0 Å². The van der Waals surface area contributed by atoms with Crippen LogP contribution < -0.4 is 5.48 Å². The van der Waals surface area contributed by atoms with Crippen molar-refractivity contribution in [1.82, 2.24) is 20.5 Å². The van der Waals surface area contributed by atoms with Crippen LogP contribution in [0.3, 0.4) is 0 Å². The lowest BCUT2D eigenvalue weighted by atomic mass is 10.5. The van der Waals surface area contributed by atoms with E-state index in [-0.39, 0.29) is 5.69 Å². The van der Waals surface area contributed by atoms with Gasteiger partial charge in [0, 0.05) is 7.05 Å². The number of aromatic nitrogens is 3. The Labute approximate surface area is 56.4 Å². The summed E-state index contributed by atoms with van der Waals surface area (Å²) in [6.07, 6.45) is 1.39. The predicted molar refractivity (Wildman–Crippen MR) is 30.3 cm³/mol. The first-order valence-electron chi connectivity index (χ1n) is 2.55. The lowest BCUT2D eigenvalue weighted by molar-refractivity contribution is 0.0700. The number of hydrogen-bond donors (Lipinski definition) is 2. The SMILES string of the molecule is Cn1cc(C(=O)NO)nn1. The summed E-state index contributed by atoms with van der Waals surface area (Å²) in [5, 5.41) is 15.0. The molecule has 0 unspecified atom stereocenters. The minimum Gasteiger partial charge on any atom is -0.288 e. The van der Waals surface area contributed by atoms with Crippen LogP contribution in [0.15, 0.2) is 6.20 Å². The number of aryl methyl sites for hydroxylation is 1. The molecule has 1 rings (SSSR count). The van der Waals surface area contributed by atoms with Gasteiger partial charge in [0.1, 0.15) is 0 Å². The normalized spacial score (nSPS) is 9.40. The van der Waals surface area contributed by atoms with E-state index in [2.05, 4.69) is 10.3 Å². The highest BCUT2D eigenvalue weighted by Gasteiger charge is 2.06. The summed E-state index contributed by atoms with van der Waals surface area (Å²) in [4.78, 5) is 10.5. The lowest BCUT2D eigenvalue weighted by Crippen LogP contribution is -2.18. The van der Waals surface area contributed by atoms with Gasteiger partial charge in [0.15, 0.2) is 5.69 Å². The molecule has 1 aromatic rings. The summed E-state index contributed by atoms with van der Waals surface area (Å²) in [7, 11) is 1.63. The Kier molecular flexibility index (Phi) is 1.63. The fourth-order valence-electron chi connectivity index (χ4n) is 0.509. The summed E-state index contributed by atoms with van der Waals surface area (Å²) in [5.41, 5.74) is 1.53. The highest BCUT2D eigenvalue weighted by atomic mass is 16.5. The third-order valence-electron chi connectivity index (χ3n) is 0.937. The topological polar surface area (TPSA) is 80.0 Å². The Hall–Kier alpha value is -1.43. The molecule has 54 valence electrons. The quantitative estimate of drug-likeness (QED) is 0.386. The molecule has 1 aromatic heterocycles. The molecule has 0 bridgehead atoms. The molecule has 1 amide bonds. The molecule has 0 atom stereocenters. The van der Waals surface area contributed by atoms with E-state index in [1.54, 1.807) is 7.05 Å². The van der Waals surface area contributed by atoms with Gasteiger partial charge < -0.3 is 0 Å². The van der Waals surface area contributed by atoms with Crippen LogP contribution >= 0.6 is 0 Å². The average Bonchev–Trinajstić information content (AvgIpc) is 2.34. The van der Waals surface area contributed by atoms with Crippen LogP contribution in [0.2, 0.25) is 0 Å². The third-order valence-corrected chi connectivity index (χ3v) is 0.937. The average molecular weight is 142 g/mol. The van der Waals surface area contributed by atoms with Crippen molar-refractivity contribution in [1.29, 1.82) is 0 Å². The van der Waals surface area contributed by atoms with Gasteiger partial charge in [-0.2, -0.15) is 0 Å². The van der Waals surface area contributed by atoms with Crippen molar-refractivity contribution in [2.75, 3.05) is 0 Å². The molecule has 0 aliphatic rings. The fourth-order valence-corrected chi connectivity index (χ4v) is 0.509. The van der Waals surface area contributed by atoms with Gasteiger partial charge in [-0.15, -0.1) is 5.10 Å². The van der Waals surface area contributed by atoms with Crippen LogP contribution in [0, 0.1) is 0 Å². The highest BCUT2D eigenvalue weighted by Crippen LogP contribution is 1.88. The molecule has 0 saturated carbocycles. The van der Waals surface area contributed by atoms with E-state index in [1.807, 2.05) is 0 Å². The van der Waals surface area contributed by atoms with E-state index in [4.69, 9.17) is 5.21 Å².